The topological polar surface area (TPSA) is 46.0 Å². The lowest BCUT2D eigenvalue weighted by molar-refractivity contribution is 0.233. The first-order chi connectivity index (χ1) is 8.43. The number of nitrogens with zero attached hydrogens (tertiary/aromatic N) is 4. The summed E-state index contributed by atoms with van der Waals surface area (Å²) in [4.78, 5) is 11.2. The molecule has 1 saturated heterocycles. The van der Waals surface area contributed by atoms with Crippen LogP contribution in [0.4, 0.5) is 0 Å². The zero-order valence-electron chi connectivity index (χ0n) is 9.84. The van der Waals surface area contributed by atoms with E-state index in [4.69, 9.17) is 0 Å². The molecule has 90 valence electrons. The maximum Gasteiger partial charge on any atom is 0.159 e. The molecule has 2 aromatic rings. The Morgan fingerprint density at radius 3 is 2.94 bits per heavy atom. The van der Waals surface area contributed by atoms with Crippen LogP contribution in [0.5, 0.6) is 0 Å². The van der Waals surface area contributed by atoms with Crippen LogP contribution in [0.1, 0.15) is 0 Å². The van der Waals surface area contributed by atoms with Crippen LogP contribution < -0.4 is 5.32 Å². The number of fused-ring (bicyclic) bond motifs is 1. The van der Waals surface area contributed by atoms with Gasteiger partial charge in [0.15, 0.2) is 5.65 Å². The lowest BCUT2D eigenvalue weighted by atomic mass is 10.3. The maximum absolute atomic E-state index is 4.37. The Hall–Kier alpha value is -1.46. The van der Waals surface area contributed by atoms with E-state index in [0.717, 1.165) is 50.4 Å². The van der Waals surface area contributed by atoms with Crippen LogP contribution in [-0.4, -0.2) is 52.2 Å². The Balaban J connectivity index is 1.68. The Bertz CT molecular complexity index is 486. The van der Waals surface area contributed by atoms with Gasteiger partial charge in [-0.15, -0.1) is 0 Å². The number of piperazine rings is 1. The summed E-state index contributed by atoms with van der Waals surface area (Å²) in [6.07, 6.45) is 3.71. The number of hydrogen-bond acceptors (Lipinski definition) is 4. The van der Waals surface area contributed by atoms with Crippen molar-refractivity contribution in [1.29, 1.82) is 0 Å². The summed E-state index contributed by atoms with van der Waals surface area (Å²) < 4.78 is 2.14. The van der Waals surface area contributed by atoms with Gasteiger partial charge in [-0.1, -0.05) is 0 Å². The van der Waals surface area contributed by atoms with E-state index in [1.54, 1.807) is 0 Å². The molecule has 1 fully saturated rings. The normalized spacial score (nSPS) is 17.6. The number of hydrogen-bond donors (Lipinski definition) is 1. The van der Waals surface area contributed by atoms with Gasteiger partial charge in [-0.3, -0.25) is 4.90 Å². The van der Waals surface area contributed by atoms with Crippen LogP contribution in [0.25, 0.3) is 11.2 Å². The molecule has 3 heterocycles. The molecule has 0 radical (unpaired) electrons. The van der Waals surface area contributed by atoms with Gasteiger partial charge in [-0.25, -0.2) is 9.97 Å². The van der Waals surface area contributed by atoms with Crippen LogP contribution in [0.3, 0.4) is 0 Å². The molecular formula is C12H17N5. The fourth-order valence-electron chi connectivity index (χ4n) is 2.24. The minimum Gasteiger partial charge on any atom is -0.314 e. The summed E-state index contributed by atoms with van der Waals surface area (Å²) in [5.41, 5.74) is 1.97. The zero-order valence-corrected chi connectivity index (χ0v) is 9.84. The fraction of sp³-hybridized carbons (Fsp3) is 0.500. The van der Waals surface area contributed by atoms with E-state index >= 15 is 0 Å². The van der Waals surface area contributed by atoms with Crippen LogP contribution >= 0.6 is 0 Å². The lowest BCUT2D eigenvalue weighted by Gasteiger charge is -2.27. The van der Waals surface area contributed by atoms with Crippen LogP contribution in [-0.2, 0) is 6.54 Å². The lowest BCUT2D eigenvalue weighted by Crippen LogP contribution is -2.44. The van der Waals surface area contributed by atoms with Crippen molar-refractivity contribution in [3.05, 3.63) is 24.7 Å². The molecule has 2 aromatic heterocycles. The Labute approximate surface area is 100 Å². The highest BCUT2D eigenvalue weighted by molar-refractivity contribution is 5.69. The van der Waals surface area contributed by atoms with Crippen molar-refractivity contribution in [2.45, 2.75) is 6.54 Å². The number of imidazole rings is 1. The second kappa shape index (κ2) is 4.81. The highest BCUT2D eigenvalue weighted by Crippen LogP contribution is 2.08. The first-order valence-corrected chi connectivity index (χ1v) is 6.12. The van der Waals surface area contributed by atoms with Gasteiger partial charge in [0.25, 0.3) is 0 Å². The number of pyridine rings is 1. The summed E-state index contributed by atoms with van der Waals surface area (Å²) in [6.45, 7) is 6.52. The van der Waals surface area contributed by atoms with Gasteiger partial charge < -0.3 is 9.88 Å². The summed E-state index contributed by atoms with van der Waals surface area (Å²) >= 11 is 0. The van der Waals surface area contributed by atoms with E-state index in [9.17, 15) is 0 Å². The third-order valence-corrected chi connectivity index (χ3v) is 3.24. The fourth-order valence-corrected chi connectivity index (χ4v) is 2.24. The van der Waals surface area contributed by atoms with Crippen molar-refractivity contribution in [3.63, 3.8) is 0 Å². The van der Waals surface area contributed by atoms with Gasteiger partial charge in [0.1, 0.15) is 5.52 Å². The Morgan fingerprint density at radius 2 is 2.06 bits per heavy atom. The van der Waals surface area contributed by atoms with Crippen molar-refractivity contribution in [3.8, 4) is 0 Å². The van der Waals surface area contributed by atoms with E-state index in [1.165, 1.54) is 0 Å². The average molecular weight is 231 g/mol. The molecule has 3 rings (SSSR count). The van der Waals surface area contributed by atoms with Crippen LogP contribution in [0.2, 0.25) is 0 Å². The van der Waals surface area contributed by atoms with E-state index < -0.39 is 0 Å². The average Bonchev–Trinajstić information content (AvgIpc) is 2.81. The highest BCUT2D eigenvalue weighted by Gasteiger charge is 2.10. The second-order valence-corrected chi connectivity index (χ2v) is 4.38. The minimum atomic E-state index is 0.966. The zero-order chi connectivity index (χ0) is 11.5. The largest absolute Gasteiger partial charge is 0.314 e. The number of nitrogens with one attached hydrogen (secondary N) is 1. The first kappa shape index (κ1) is 10.7. The Kier molecular flexibility index (Phi) is 3.02. The van der Waals surface area contributed by atoms with Crippen molar-refractivity contribution in [2.24, 2.45) is 0 Å². The predicted molar refractivity (Wildman–Crippen MR) is 66.8 cm³/mol. The summed E-state index contributed by atoms with van der Waals surface area (Å²) in [6, 6.07) is 3.93. The van der Waals surface area contributed by atoms with Gasteiger partial charge in [-0.2, -0.15) is 0 Å². The van der Waals surface area contributed by atoms with Crippen LogP contribution in [0.15, 0.2) is 24.7 Å². The van der Waals surface area contributed by atoms with Crippen LogP contribution in [0, 0.1) is 0 Å². The molecule has 0 unspecified atom stereocenters. The van der Waals surface area contributed by atoms with Crippen molar-refractivity contribution in [1.82, 2.24) is 24.8 Å². The van der Waals surface area contributed by atoms with E-state index in [0.29, 0.717) is 0 Å². The molecule has 0 aromatic carbocycles. The predicted octanol–water partition coefficient (Wildman–Crippen LogP) is 0.336. The van der Waals surface area contributed by atoms with E-state index in [1.807, 2.05) is 24.7 Å². The monoisotopic (exact) mass is 231 g/mol. The standard InChI is InChI=1S/C12H17N5/c1-2-11-12(14-3-1)17(10-15-11)9-8-16-6-4-13-5-7-16/h1-3,10,13H,4-9H2. The molecule has 0 spiro atoms. The molecule has 0 saturated carbocycles. The molecule has 0 bridgehead atoms. The van der Waals surface area contributed by atoms with Gasteiger partial charge in [0.2, 0.25) is 0 Å². The number of aromatic nitrogens is 3. The molecule has 1 aliphatic heterocycles. The highest BCUT2D eigenvalue weighted by atomic mass is 15.2. The second-order valence-electron chi connectivity index (χ2n) is 4.38. The summed E-state index contributed by atoms with van der Waals surface area (Å²) in [5.74, 6) is 0. The van der Waals surface area contributed by atoms with Crippen molar-refractivity contribution >= 4 is 11.2 Å². The van der Waals surface area contributed by atoms with Gasteiger partial charge >= 0.3 is 0 Å². The molecule has 5 nitrogen and oxygen atoms in total. The van der Waals surface area contributed by atoms with Gasteiger partial charge in [0.05, 0.1) is 6.33 Å². The maximum atomic E-state index is 4.37. The third-order valence-electron chi connectivity index (χ3n) is 3.24. The molecule has 1 aliphatic rings. The molecular weight excluding hydrogens is 214 g/mol. The molecule has 0 atom stereocenters. The molecule has 0 amide bonds. The molecule has 5 heteroatoms. The first-order valence-electron chi connectivity index (χ1n) is 6.12. The third kappa shape index (κ3) is 2.30. The quantitative estimate of drug-likeness (QED) is 0.827. The molecule has 17 heavy (non-hydrogen) atoms. The van der Waals surface area contributed by atoms with E-state index in [2.05, 4.69) is 24.8 Å². The van der Waals surface area contributed by atoms with E-state index in [-0.39, 0.29) is 0 Å². The van der Waals surface area contributed by atoms with Gasteiger partial charge in [0, 0.05) is 45.5 Å². The molecule has 0 aliphatic carbocycles. The van der Waals surface area contributed by atoms with Gasteiger partial charge in [-0.05, 0) is 12.1 Å². The Morgan fingerprint density at radius 1 is 1.18 bits per heavy atom. The SMILES string of the molecule is c1cnc2c(c1)ncn2CCN1CCNCC1. The number of rotatable bonds is 3. The minimum absolute atomic E-state index is 0.966. The summed E-state index contributed by atoms with van der Waals surface area (Å²) in [7, 11) is 0. The van der Waals surface area contributed by atoms with Crippen molar-refractivity contribution < 1.29 is 0 Å². The molecule has 1 N–H and O–H groups in total. The van der Waals surface area contributed by atoms with Crippen molar-refractivity contribution in [2.75, 3.05) is 32.7 Å². The summed E-state index contributed by atoms with van der Waals surface area (Å²) in [5, 5.41) is 3.36. The smallest absolute Gasteiger partial charge is 0.159 e.